The van der Waals surface area contributed by atoms with E-state index in [4.69, 9.17) is 5.73 Å². The molecule has 4 heteroatoms. The Kier molecular flexibility index (Phi) is 4.43. The molecule has 0 unspecified atom stereocenters. The third-order valence-corrected chi connectivity index (χ3v) is 4.37. The Morgan fingerprint density at radius 3 is 2.40 bits per heavy atom. The van der Waals surface area contributed by atoms with Crippen LogP contribution < -0.4 is 5.73 Å². The largest absolute Gasteiger partial charge is 0.383 e. The second kappa shape index (κ2) is 5.92. The van der Waals surface area contributed by atoms with Gasteiger partial charge in [-0.25, -0.2) is 4.98 Å². The predicted molar refractivity (Wildman–Crippen MR) is 81.8 cm³/mol. The van der Waals surface area contributed by atoms with Crippen LogP contribution in [0.1, 0.15) is 55.5 Å². The standard InChI is InChI=1S/C16H25N3O/c1-12-8-9-18-15(17)13(12)14(20)16(2,3)19-10-6-4-5-7-11-19/h8-9H,4-7,10-11H2,1-3H3,(H2,17,18). The number of likely N-dealkylation sites (tertiary alicyclic amines) is 1. The van der Waals surface area contributed by atoms with E-state index in [0.717, 1.165) is 31.5 Å². The second-order valence-corrected chi connectivity index (χ2v) is 6.18. The summed E-state index contributed by atoms with van der Waals surface area (Å²) in [4.78, 5) is 19.3. The summed E-state index contributed by atoms with van der Waals surface area (Å²) in [5, 5.41) is 0. The minimum atomic E-state index is -0.522. The topological polar surface area (TPSA) is 59.2 Å². The predicted octanol–water partition coefficient (Wildman–Crippen LogP) is 2.81. The molecule has 1 saturated heterocycles. The average Bonchev–Trinajstić information content (AvgIpc) is 2.67. The van der Waals surface area contributed by atoms with Crippen molar-refractivity contribution in [2.75, 3.05) is 18.8 Å². The highest BCUT2D eigenvalue weighted by Gasteiger charge is 2.36. The number of anilines is 1. The van der Waals surface area contributed by atoms with Crippen LogP contribution in [0, 0.1) is 6.92 Å². The zero-order chi connectivity index (χ0) is 14.8. The molecular weight excluding hydrogens is 250 g/mol. The molecule has 0 bridgehead atoms. The van der Waals surface area contributed by atoms with Gasteiger partial charge in [0.25, 0.3) is 0 Å². The van der Waals surface area contributed by atoms with Crippen LogP contribution in [0.4, 0.5) is 5.82 Å². The number of rotatable bonds is 3. The van der Waals surface area contributed by atoms with Crippen molar-refractivity contribution in [1.29, 1.82) is 0 Å². The molecule has 0 aromatic carbocycles. The molecule has 0 spiro atoms. The van der Waals surface area contributed by atoms with E-state index in [9.17, 15) is 4.79 Å². The first-order chi connectivity index (χ1) is 9.44. The molecule has 1 aliphatic heterocycles. The van der Waals surface area contributed by atoms with Gasteiger partial charge in [0.2, 0.25) is 0 Å². The molecule has 1 aromatic rings. The lowest BCUT2D eigenvalue weighted by atomic mass is 9.89. The summed E-state index contributed by atoms with van der Waals surface area (Å²) < 4.78 is 0. The second-order valence-electron chi connectivity index (χ2n) is 6.18. The highest BCUT2D eigenvalue weighted by Crippen LogP contribution is 2.27. The van der Waals surface area contributed by atoms with E-state index in [-0.39, 0.29) is 5.78 Å². The molecular formula is C16H25N3O. The number of hydrogen-bond donors (Lipinski definition) is 1. The van der Waals surface area contributed by atoms with Crippen LogP contribution >= 0.6 is 0 Å². The fourth-order valence-corrected chi connectivity index (χ4v) is 2.95. The monoisotopic (exact) mass is 275 g/mol. The quantitative estimate of drug-likeness (QED) is 0.862. The summed E-state index contributed by atoms with van der Waals surface area (Å²) in [6, 6.07) is 1.85. The lowest BCUT2D eigenvalue weighted by Crippen LogP contribution is -2.50. The number of carbonyl (C=O) groups is 1. The van der Waals surface area contributed by atoms with Gasteiger partial charge in [-0.3, -0.25) is 9.69 Å². The van der Waals surface area contributed by atoms with Crippen LogP contribution in [-0.2, 0) is 0 Å². The fourth-order valence-electron chi connectivity index (χ4n) is 2.95. The number of ketones is 1. The minimum Gasteiger partial charge on any atom is -0.383 e. The number of pyridine rings is 1. The summed E-state index contributed by atoms with van der Waals surface area (Å²) in [6.07, 6.45) is 6.50. The Morgan fingerprint density at radius 1 is 1.25 bits per heavy atom. The molecule has 1 fully saturated rings. The number of carbonyl (C=O) groups excluding carboxylic acids is 1. The third kappa shape index (κ3) is 2.85. The van der Waals surface area contributed by atoms with Gasteiger partial charge in [-0.15, -0.1) is 0 Å². The lowest BCUT2D eigenvalue weighted by Gasteiger charge is -2.37. The highest BCUT2D eigenvalue weighted by molar-refractivity contribution is 6.07. The first-order valence-electron chi connectivity index (χ1n) is 7.45. The first kappa shape index (κ1) is 15.0. The molecule has 0 radical (unpaired) electrons. The zero-order valence-electron chi connectivity index (χ0n) is 12.8. The van der Waals surface area contributed by atoms with E-state index in [1.54, 1.807) is 6.20 Å². The van der Waals surface area contributed by atoms with Gasteiger partial charge in [0, 0.05) is 6.20 Å². The summed E-state index contributed by atoms with van der Waals surface area (Å²) in [7, 11) is 0. The van der Waals surface area contributed by atoms with Gasteiger partial charge < -0.3 is 5.73 Å². The molecule has 2 heterocycles. The summed E-state index contributed by atoms with van der Waals surface area (Å²) in [5.74, 6) is 0.431. The Balaban J connectivity index is 2.30. The van der Waals surface area contributed by atoms with E-state index in [1.807, 2.05) is 26.8 Å². The molecule has 0 atom stereocenters. The number of nitrogens with zero attached hydrogens (tertiary/aromatic N) is 2. The van der Waals surface area contributed by atoms with Crippen molar-refractivity contribution < 1.29 is 4.79 Å². The average molecular weight is 275 g/mol. The zero-order valence-corrected chi connectivity index (χ0v) is 12.8. The van der Waals surface area contributed by atoms with Gasteiger partial charge in [0.1, 0.15) is 5.82 Å². The summed E-state index contributed by atoms with van der Waals surface area (Å²) in [5.41, 5.74) is 6.90. The first-order valence-corrected chi connectivity index (χ1v) is 7.45. The number of aromatic nitrogens is 1. The van der Waals surface area contributed by atoms with Gasteiger partial charge in [-0.05, 0) is 58.3 Å². The minimum absolute atomic E-state index is 0.0856. The maximum atomic E-state index is 13.0. The number of aryl methyl sites for hydroxylation is 1. The molecule has 1 aliphatic rings. The van der Waals surface area contributed by atoms with Crippen LogP contribution in [0.2, 0.25) is 0 Å². The SMILES string of the molecule is Cc1ccnc(N)c1C(=O)C(C)(C)N1CCCCCC1. The molecule has 4 nitrogen and oxygen atoms in total. The molecule has 110 valence electrons. The Hall–Kier alpha value is -1.42. The van der Waals surface area contributed by atoms with Crippen molar-refractivity contribution in [2.45, 2.75) is 52.0 Å². The summed E-state index contributed by atoms with van der Waals surface area (Å²) in [6.45, 7) is 7.90. The molecule has 1 aromatic heterocycles. The van der Waals surface area contributed by atoms with E-state index in [2.05, 4.69) is 9.88 Å². The maximum Gasteiger partial charge on any atom is 0.186 e. The van der Waals surface area contributed by atoms with Crippen molar-refractivity contribution >= 4 is 11.6 Å². The van der Waals surface area contributed by atoms with E-state index < -0.39 is 5.54 Å². The van der Waals surface area contributed by atoms with Crippen LogP contribution in [-0.4, -0.2) is 34.3 Å². The Labute approximate surface area is 121 Å². The Morgan fingerprint density at radius 2 is 1.85 bits per heavy atom. The van der Waals surface area contributed by atoms with Crippen molar-refractivity contribution in [3.05, 3.63) is 23.4 Å². The van der Waals surface area contributed by atoms with E-state index in [0.29, 0.717) is 11.4 Å². The van der Waals surface area contributed by atoms with Gasteiger partial charge in [-0.2, -0.15) is 0 Å². The number of nitrogens with two attached hydrogens (primary N) is 1. The highest BCUT2D eigenvalue weighted by atomic mass is 16.1. The van der Waals surface area contributed by atoms with Crippen molar-refractivity contribution in [2.24, 2.45) is 0 Å². The Bertz CT molecular complexity index is 468. The maximum absolute atomic E-state index is 13.0. The normalized spacial score (nSPS) is 17.8. The number of Topliss-reactive ketones (excluding diaryl/α,β-unsaturated/α-hetero) is 1. The van der Waals surface area contributed by atoms with Crippen LogP contribution in [0.15, 0.2) is 12.3 Å². The number of hydrogen-bond acceptors (Lipinski definition) is 4. The van der Waals surface area contributed by atoms with Crippen LogP contribution in [0.25, 0.3) is 0 Å². The molecule has 0 saturated carbocycles. The fraction of sp³-hybridized carbons (Fsp3) is 0.625. The van der Waals surface area contributed by atoms with Gasteiger partial charge in [-0.1, -0.05) is 12.8 Å². The van der Waals surface area contributed by atoms with Crippen molar-refractivity contribution in [3.63, 3.8) is 0 Å². The van der Waals surface area contributed by atoms with Crippen molar-refractivity contribution in [3.8, 4) is 0 Å². The molecule has 2 N–H and O–H groups in total. The summed E-state index contributed by atoms with van der Waals surface area (Å²) >= 11 is 0. The van der Waals surface area contributed by atoms with Crippen LogP contribution in [0.3, 0.4) is 0 Å². The third-order valence-electron chi connectivity index (χ3n) is 4.37. The smallest absolute Gasteiger partial charge is 0.186 e. The lowest BCUT2D eigenvalue weighted by molar-refractivity contribution is 0.0649. The molecule has 20 heavy (non-hydrogen) atoms. The van der Waals surface area contributed by atoms with Crippen LogP contribution in [0.5, 0.6) is 0 Å². The van der Waals surface area contributed by atoms with Gasteiger partial charge >= 0.3 is 0 Å². The molecule has 0 amide bonds. The molecule has 2 rings (SSSR count). The van der Waals surface area contributed by atoms with Gasteiger partial charge in [0.05, 0.1) is 11.1 Å². The van der Waals surface area contributed by atoms with E-state index in [1.165, 1.54) is 12.8 Å². The number of nitrogen functional groups attached to an aromatic ring is 1. The van der Waals surface area contributed by atoms with Gasteiger partial charge in [0.15, 0.2) is 5.78 Å². The van der Waals surface area contributed by atoms with Crippen molar-refractivity contribution in [1.82, 2.24) is 9.88 Å². The molecule has 0 aliphatic carbocycles. The van der Waals surface area contributed by atoms with E-state index >= 15 is 0 Å².